The topological polar surface area (TPSA) is 41.1 Å². The van der Waals surface area contributed by atoms with Gasteiger partial charge in [-0.1, -0.05) is 39.0 Å². The Morgan fingerprint density at radius 3 is 2.55 bits per heavy atom. The molecule has 20 heavy (non-hydrogen) atoms. The van der Waals surface area contributed by atoms with E-state index in [1.54, 1.807) is 0 Å². The smallest absolute Gasteiger partial charge is 0.227 e. The van der Waals surface area contributed by atoms with Gasteiger partial charge in [-0.15, -0.1) is 0 Å². The third kappa shape index (κ3) is 3.75. The van der Waals surface area contributed by atoms with Crippen LogP contribution in [-0.2, 0) is 4.79 Å². The Labute approximate surface area is 124 Å². The first-order valence-corrected chi connectivity index (χ1v) is 8.69. The van der Waals surface area contributed by atoms with E-state index in [4.69, 9.17) is 0 Å². The van der Waals surface area contributed by atoms with Gasteiger partial charge in [0.15, 0.2) is 0 Å². The van der Waals surface area contributed by atoms with Crippen molar-refractivity contribution in [1.82, 2.24) is 10.6 Å². The van der Waals surface area contributed by atoms with Crippen LogP contribution in [-0.4, -0.2) is 25.0 Å². The molecule has 0 radical (unpaired) electrons. The lowest BCUT2D eigenvalue weighted by molar-refractivity contribution is -0.131. The molecule has 0 bridgehead atoms. The Morgan fingerprint density at radius 2 is 2.00 bits per heavy atom. The van der Waals surface area contributed by atoms with Crippen molar-refractivity contribution in [2.45, 2.75) is 77.7 Å². The van der Waals surface area contributed by atoms with Gasteiger partial charge in [-0.05, 0) is 45.1 Å². The Balaban J connectivity index is 1.91. The quantitative estimate of drug-likeness (QED) is 0.759. The van der Waals surface area contributed by atoms with E-state index in [0.717, 1.165) is 32.4 Å². The first-order valence-electron chi connectivity index (χ1n) is 8.69. The zero-order chi connectivity index (χ0) is 14.4. The predicted molar refractivity (Wildman–Crippen MR) is 83.6 cm³/mol. The van der Waals surface area contributed by atoms with Crippen LogP contribution in [0.5, 0.6) is 0 Å². The molecular weight excluding hydrogens is 248 g/mol. The van der Waals surface area contributed by atoms with Gasteiger partial charge in [-0.2, -0.15) is 0 Å². The summed E-state index contributed by atoms with van der Waals surface area (Å²) in [5.41, 5.74) is -0.131. The van der Waals surface area contributed by atoms with Crippen LogP contribution < -0.4 is 10.6 Å². The number of rotatable bonds is 5. The van der Waals surface area contributed by atoms with Crippen LogP contribution >= 0.6 is 0 Å². The minimum absolute atomic E-state index is 0.131. The summed E-state index contributed by atoms with van der Waals surface area (Å²) in [5, 5.41) is 6.75. The van der Waals surface area contributed by atoms with Crippen molar-refractivity contribution in [2.24, 2.45) is 11.3 Å². The molecule has 1 heterocycles. The normalized spacial score (nSPS) is 29.9. The number of amides is 1. The molecule has 1 aliphatic heterocycles. The van der Waals surface area contributed by atoms with E-state index in [0.29, 0.717) is 17.9 Å². The van der Waals surface area contributed by atoms with E-state index >= 15 is 0 Å². The van der Waals surface area contributed by atoms with Crippen LogP contribution in [0.4, 0.5) is 0 Å². The van der Waals surface area contributed by atoms with Gasteiger partial charge in [0.1, 0.15) is 0 Å². The van der Waals surface area contributed by atoms with Gasteiger partial charge < -0.3 is 10.6 Å². The molecule has 2 aliphatic rings. The SMILES string of the molecule is CCCC1(C(=O)N[C@@H](C)C2CCCCCC2)CCNC1. The zero-order valence-corrected chi connectivity index (χ0v) is 13.3. The molecule has 0 aromatic heterocycles. The maximum absolute atomic E-state index is 12.7. The summed E-state index contributed by atoms with van der Waals surface area (Å²) in [6, 6.07) is 0.343. The summed E-state index contributed by atoms with van der Waals surface area (Å²) in [6.45, 7) is 6.26. The average Bonchev–Trinajstić information content (AvgIpc) is 2.75. The van der Waals surface area contributed by atoms with Gasteiger partial charge in [0.05, 0.1) is 5.41 Å². The van der Waals surface area contributed by atoms with Gasteiger partial charge in [0.25, 0.3) is 0 Å². The Morgan fingerprint density at radius 1 is 1.30 bits per heavy atom. The number of carbonyl (C=O) groups is 1. The van der Waals surface area contributed by atoms with Crippen molar-refractivity contribution in [3.05, 3.63) is 0 Å². The molecule has 1 saturated carbocycles. The van der Waals surface area contributed by atoms with E-state index in [9.17, 15) is 4.79 Å². The highest BCUT2D eigenvalue weighted by Gasteiger charge is 2.41. The first-order chi connectivity index (χ1) is 9.68. The van der Waals surface area contributed by atoms with Crippen molar-refractivity contribution < 1.29 is 4.79 Å². The van der Waals surface area contributed by atoms with Crippen LogP contribution in [0.1, 0.15) is 71.6 Å². The second-order valence-corrected chi connectivity index (χ2v) is 6.97. The maximum atomic E-state index is 12.7. The Hall–Kier alpha value is -0.570. The largest absolute Gasteiger partial charge is 0.353 e. The molecule has 0 aromatic carbocycles. The van der Waals surface area contributed by atoms with Gasteiger partial charge >= 0.3 is 0 Å². The standard InChI is InChI=1S/C17H32N2O/c1-3-10-17(11-12-18-13-17)16(20)19-14(2)15-8-6-4-5-7-9-15/h14-15,18H,3-13H2,1-2H3,(H,19,20)/t14-,17?/m0/s1. The van der Waals surface area contributed by atoms with Crippen LogP contribution in [0.25, 0.3) is 0 Å². The summed E-state index contributed by atoms with van der Waals surface area (Å²) in [7, 11) is 0. The molecule has 1 unspecified atom stereocenters. The van der Waals surface area contributed by atoms with Crippen molar-refractivity contribution in [3.63, 3.8) is 0 Å². The molecule has 1 saturated heterocycles. The fourth-order valence-corrected chi connectivity index (χ4v) is 4.03. The van der Waals surface area contributed by atoms with Crippen LogP contribution in [0.2, 0.25) is 0 Å². The summed E-state index contributed by atoms with van der Waals surface area (Å²) < 4.78 is 0. The average molecular weight is 280 g/mol. The van der Waals surface area contributed by atoms with Crippen LogP contribution in [0, 0.1) is 11.3 Å². The highest BCUT2D eigenvalue weighted by molar-refractivity contribution is 5.83. The lowest BCUT2D eigenvalue weighted by atomic mass is 9.81. The number of hydrogen-bond acceptors (Lipinski definition) is 2. The molecule has 0 spiro atoms. The Bertz CT molecular complexity index is 302. The van der Waals surface area contributed by atoms with Crippen LogP contribution in [0.3, 0.4) is 0 Å². The summed E-state index contributed by atoms with van der Waals surface area (Å²) in [5.74, 6) is 0.996. The third-order valence-corrected chi connectivity index (χ3v) is 5.42. The van der Waals surface area contributed by atoms with Crippen molar-refractivity contribution in [2.75, 3.05) is 13.1 Å². The summed E-state index contributed by atoms with van der Waals surface area (Å²) in [4.78, 5) is 12.7. The molecule has 3 nitrogen and oxygen atoms in total. The minimum atomic E-state index is -0.131. The molecular formula is C17H32N2O. The molecule has 2 atom stereocenters. The van der Waals surface area contributed by atoms with E-state index in [-0.39, 0.29) is 5.41 Å². The number of carbonyl (C=O) groups excluding carboxylic acids is 1. The van der Waals surface area contributed by atoms with Crippen molar-refractivity contribution >= 4 is 5.91 Å². The highest BCUT2D eigenvalue weighted by Crippen LogP contribution is 2.32. The summed E-state index contributed by atoms with van der Waals surface area (Å²) in [6.07, 6.45) is 11.1. The van der Waals surface area contributed by atoms with E-state index in [1.165, 1.54) is 38.5 Å². The van der Waals surface area contributed by atoms with Gasteiger partial charge in [-0.25, -0.2) is 0 Å². The van der Waals surface area contributed by atoms with Crippen molar-refractivity contribution in [1.29, 1.82) is 0 Å². The van der Waals surface area contributed by atoms with Gasteiger partial charge in [-0.3, -0.25) is 4.79 Å². The molecule has 1 amide bonds. The van der Waals surface area contributed by atoms with Crippen LogP contribution in [0.15, 0.2) is 0 Å². The second kappa shape index (κ2) is 7.44. The highest BCUT2D eigenvalue weighted by atomic mass is 16.2. The third-order valence-electron chi connectivity index (χ3n) is 5.42. The molecule has 2 fully saturated rings. The lowest BCUT2D eigenvalue weighted by Gasteiger charge is -2.31. The molecule has 2 rings (SSSR count). The second-order valence-electron chi connectivity index (χ2n) is 6.97. The molecule has 0 aromatic rings. The first kappa shape index (κ1) is 15.8. The predicted octanol–water partition coefficient (Wildman–Crippen LogP) is 3.24. The maximum Gasteiger partial charge on any atom is 0.227 e. The Kier molecular flexibility index (Phi) is 5.88. The molecule has 116 valence electrons. The zero-order valence-electron chi connectivity index (χ0n) is 13.3. The van der Waals surface area contributed by atoms with E-state index in [1.807, 2.05) is 0 Å². The molecule has 1 aliphatic carbocycles. The van der Waals surface area contributed by atoms with E-state index < -0.39 is 0 Å². The van der Waals surface area contributed by atoms with Gasteiger partial charge in [0, 0.05) is 12.6 Å². The lowest BCUT2D eigenvalue weighted by Crippen LogP contribution is -2.48. The minimum Gasteiger partial charge on any atom is -0.353 e. The molecule has 3 heteroatoms. The number of hydrogen-bond donors (Lipinski definition) is 2. The van der Waals surface area contributed by atoms with E-state index in [2.05, 4.69) is 24.5 Å². The van der Waals surface area contributed by atoms with Crippen molar-refractivity contribution in [3.8, 4) is 0 Å². The fraction of sp³-hybridized carbons (Fsp3) is 0.941. The van der Waals surface area contributed by atoms with Gasteiger partial charge in [0.2, 0.25) is 5.91 Å². The summed E-state index contributed by atoms with van der Waals surface area (Å²) >= 11 is 0. The monoisotopic (exact) mass is 280 g/mol. The fourth-order valence-electron chi connectivity index (χ4n) is 4.03. The molecule has 2 N–H and O–H groups in total. The number of nitrogens with one attached hydrogen (secondary N) is 2.